The predicted octanol–water partition coefficient (Wildman–Crippen LogP) is 6.82. The predicted molar refractivity (Wildman–Crippen MR) is 118 cm³/mol. The van der Waals surface area contributed by atoms with Gasteiger partial charge in [0.2, 0.25) is 0 Å². The third-order valence-electron chi connectivity index (χ3n) is 5.88. The molecule has 0 unspecified atom stereocenters. The summed E-state index contributed by atoms with van der Waals surface area (Å²) in [6, 6.07) is 23.5. The quantitative estimate of drug-likeness (QED) is 0.320. The molecule has 2 aromatic heterocycles. The molecule has 0 bridgehead atoms. The van der Waals surface area contributed by atoms with Crippen LogP contribution in [0.25, 0.3) is 42.8 Å². The Bertz CT molecular complexity index is 1390. The maximum atomic E-state index is 4.89. The van der Waals surface area contributed by atoms with Crippen LogP contribution < -0.4 is 0 Å². The number of nitrogens with zero attached hydrogens (tertiary/aromatic N) is 2. The zero-order chi connectivity index (χ0) is 18.9. The monoisotopic (exact) mass is 378 g/mol. The Labute approximate surface area is 167 Å². The van der Waals surface area contributed by atoms with Gasteiger partial charge in [0, 0.05) is 32.1 Å². The number of rotatable bonds is 1. The van der Waals surface area contributed by atoms with E-state index >= 15 is 0 Å². The van der Waals surface area contributed by atoms with Gasteiger partial charge in [-0.05, 0) is 34.2 Å². The van der Waals surface area contributed by atoms with Crippen LogP contribution in [0.1, 0.15) is 25.0 Å². The van der Waals surface area contributed by atoms with Gasteiger partial charge in [0.15, 0.2) is 5.82 Å². The van der Waals surface area contributed by atoms with Crippen LogP contribution >= 0.6 is 11.3 Å². The standard InChI is InChI=1S/C25H18N2S/c1-25(2)21-17(23-22(25)16-9-4-6-13-20(16)28-23)10-7-11-18(21)24-26-14-15-8-3-5-12-19(15)27-24/h3-14H,1-2H3. The molecular weight excluding hydrogens is 360 g/mol. The van der Waals surface area contributed by atoms with E-state index in [9.17, 15) is 0 Å². The summed E-state index contributed by atoms with van der Waals surface area (Å²) in [7, 11) is 0. The van der Waals surface area contributed by atoms with Crippen LogP contribution in [0.15, 0.2) is 72.9 Å². The van der Waals surface area contributed by atoms with Crippen LogP contribution in [0.4, 0.5) is 0 Å². The number of fused-ring (bicyclic) bond motifs is 6. The van der Waals surface area contributed by atoms with Crippen LogP contribution in [0.5, 0.6) is 0 Å². The van der Waals surface area contributed by atoms with Gasteiger partial charge < -0.3 is 0 Å². The van der Waals surface area contributed by atoms with Gasteiger partial charge in [-0.2, -0.15) is 0 Å². The van der Waals surface area contributed by atoms with E-state index in [4.69, 9.17) is 9.97 Å². The molecule has 2 heterocycles. The van der Waals surface area contributed by atoms with Crippen molar-refractivity contribution in [3.63, 3.8) is 0 Å². The van der Waals surface area contributed by atoms with Crippen LogP contribution in [-0.2, 0) is 5.41 Å². The van der Waals surface area contributed by atoms with Gasteiger partial charge >= 0.3 is 0 Å². The molecule has 2 nitrogen and oxygen atoms in total. The highest BCUT2D eigenvalue weighted by Gasteiger charge is 2.40. The molecular formula is C25H18N2S. The number of benzene rings is 3. The summed E-state index contributed by atoms with van der Waals surface area (Å²) in [5.74, 6) is 0.808. The maximum Gasteiger partial charge on any atom is 0.160 e. The summed E-state index contributed by atoms with van der Waals surface area (Å²) in [4.78, 5) is 11.0. The first kappa shape index (κ1) is 16.0. The Morgan fingerprint density at radius 3 is 2.50 bits per heavy atom. The summed E-state index contributed by atoms with van der Waals surface area (Å²) < 4.78 is 1.36. The molecule has 0 radical (unpaired) electrons. The number of thiophene rings is 1. The van der Waals surface area contributed by atoms with Crippen molar-refractivity contribution >= 4 is 32.3 Å². The lowest BCUT2D eigenvalue weighted by Gasteiger charge is -2.24. The highest BCUT2D eigenvalue weighted by atomic mass is 32.1. The van der Waals surface area contributed by atoms with Crippen molar-refractivity contribution in [3.8, 4) is 21.8 Å². The number of hydrogen-bond donors (Lipinski definition) is 0. The zero-order valence-corrected chi connectivity index (χ0v) is 16.5. The minimum Gasteiger partial charge on any atom is -0.236 e. The molecule has 1 aliphatic carbocycles. The molecule has 0 amide bonds. The third kappa shape index (κ3) is 2.02. The van der Waals surface area contributed by atoms with E-state index in [0.29, 0.717) is 0 Å². The van der Waals surface area contributed by atoms with E-state index in [1.54, 1.807) is 0 Å². The fraction of sp³-hybridized carbons (Fsp3) is 0.120. The van der Waals surface area contributed by atoms with Crippen molar-refractivity contribution in [1.82, 2.24) is 9.97 Å². The van der Waals surface area contributed by atoms with E-state index in [1.165, 1.54) is 31.7 Å². The molecule has 0 spiro atoms. The van der Waals surface area contributed by atoms with Gasteiger partial charge in [-0.15, -0.1) is 11.3 Å². The van der Waals surface area contributed by atoms with E-state index < -0.39 is 0 Å². The van der Waals surface area contributed by atoms with Gasteiger partial charge in [-0.1, -0.05) is 68.4 Å². The van der Waals surface area contributed by atoms with Crippen LogP contribution in [-0.4, -0.2) is 9.97 Å². The number of hydrogen-bond acceptors (Lipinski definition) is 3. The first-order valence-electron chi connectivity index (χ1n) is 9.52. The fourth-order valence-corrected chi connectivity index (χ4v) is 6.08. The smallest absolute Gasteiger partial charge is 0.160 e. The van der Waals surface area contributed by atoms with Crippen molar-refractivity contribution in [1.29, 1.82) is 0 Å². The highest BCUT2D eigenvalue weighted by molar-refractivity contribution is 7.22. The van der Waals surface area contributed by atoms with E-state index in [1.807, 2.05) is 29.7 Å². The molecule has 6 rings (SSSR count). The topological polar surface area (TPSA) is 25.8 Å². The SMILES string of the molecule is CC1(C)c2c(-c3ncc4ccccc4n3)cccc2-c2sc3ccccc3c21. The summed E-state index contributed by atoms with van der Waals surface area (Å²) in [5.41, 5.74) is 6.15. The minimum atomic E-state index is -0.0874. The van der Waals surface area contributed by atoms with Crippen LogP contribution in [0, 0.1) is 0 Å². The van der Waals surface area contributed by atoms with Crippen molar-refractivity contribution in [2.24, 2.45) is 0 Å². The lowest BCUT2D eigenvalue weighted by atomic mass is 9.79. The molecule has 0 atom stereocenters. The first-order valence-corrected chi connectivity index (χ1v) is 10.3. The van der Waals surface area contributed by atoms with Gasteiger partial charge in [0.1, 0.15) is 0 Å². The largest absolute Gasteiger partial charge is 0.236 e. The Kier molecular flexibility index (Phi) is 3.13. The van der Waals surface area contributed by atoms with Crippen molar-refractivity contribution in [2.75, 3.05) is 0 Å². The van der Waals surface area contributed by atoms with Gasteiger partial charge in [-0.3, -0.25) is 0 Å². The second-order valence-corrected chi connectivity index (χ2v) is 8.96. The normalized spacial score (nSPS) is 14.4. The van der Waals surface area contributed by atoms with Crippen molar-refractivity contribution in [3.05, 3.63) is 84.1 Å². The molecule has 0 saturated carbocycles. The Morgan fingerprint density at radius 1 is 0.786 bits per heavy atom. The fourth-order valence-electron chi connectivity index (χ4n) is 4.68. The number of para-hydroxylation sites is 1. The Balaban J connectivity index is 1.65. The van der Waals surface area contributed by atoms with E-state index in [0.717, 1.165) is 22.3 Å². The minimum absolute atomic E-state index is 0.0874. The van der Waals surface area contributed by atoms with Crippen molar-refractivity contribution < 1.29 is 0 Å². The molecule has 0 saturated heterocycles. The summed E-state index contributed by atoms with van der Waals surface area (Å²) in [6.07, 6.45) is 1.93. The molecule has 0 fully saturated rings. The van der Waals surface area contributed by atoms with Crippen LogP contribution in [0.3, 0.4) is 0 Å². The molecule has 1 aliphatic rings. The maximum absolute atomic E-state index is 4.89. The summed E-state index contributed by atoms with van der Waals surface area (Å²) in [5, 5.41) is 2.44. The Morgan fingerprint density at radius 2 is 1.57 bits per heavy atom. The molecule has 3 aromatic carbocycles. The second-order valence-electron chi connectivity index (χ2n) is 7.91. The molecule has 134 valence electrons. The second kappa shape index (κ2) is 5.49. The zero-order valence-electron chi connectivity index (χ0n) is 15.7. The van der Waals surface area contributed by atoms with Crippen LogP contribution in [0.2, 0.25) is 0 Å². The molecule has 0 aliphatic heterocycles. The molecule has 3 heteroatoms. The first-order chi connectivity index (χ1) is 13.6. The van der Waals surface area contributed by atoms with E-state index in [-0.39, 0.29) is 5.41 Å². The average Bonchev–Trinajstić information content (AvgIpc) is 3.22. The third-order valence-corrected chi connectivity index (χ3v) is 7.09. The molecule has 0 N–H and O–H groups in total. The van der Waals surface area contributed by atoms with Crippen molar-refractivity contribution in [2.45, 2.75) is 19.3 Å². The molecule has 28 heavy (non-hydrogen) atoms. The summed E-state index contributed by atoms with van der Waals surface area (Å²) in [6.45, 7) is 4.67. The number of aromatic nitrogens is 2. The molecule has 5 aromatic rings. The Hall–Kier alpha value is -3.04. The highest BCUT2D eigenvalue weighted by Crippen LogP contribution is 2.57. The van der Waals surface area contributed by atoms with Gasteiger partial charge in [0.05, 0.1) is 5.52 Å². The average molecular weight is 379 g/mol. The van der Waals surface area contributed by atoms with E-state index in [2.05, 4.69) is 68.4 Å². The lowest BCUT2D eigenvalue weighted by Crippen LogP contribution is -2.16. The summed E-state index contributed by atoms with van der Waals surface area (Å²) >= 11 is 1.90. The van der Waals surface area contributed by atoms with Gasteiger partial charge in [0.25, 0.3) is 0 Å². The van der Waals surface area contributed by atoms with Gasteiger partial charge in [-0.25, -0.2) is 9.97 Å². The lowest BCUT2D eigenvalue weighted by molar-refractivity contribution is 0.668.